The fourth-order valence-electron chi connectivity index (χ4n) is 2.75. The average molecular weight is 398 g/mol. The number of para-hydroxylation sites is 1. The van der Waals surface area contributed by atoms with Crippen LogP contribution in [-0.4, -0.2) is 31.2 Å². The molecule has 0 spiro atoms. The summed E-state index contributed by atoms with van der Waals surface area (Å²) in [5.41, 5.74) is 0.789. The van der Waals surface area contributed by atoms with Crippen molar-refractivity contribution in [2.45, 2.75) is 24.8 Å². The van der Waals surface area contributed by atoms with E-state index in [1.165, 1.54) is 23.5 Å². The number of hydrogen-bond donors (Lipinski definition) is 1. The number of nitrogens with zero attached hydrogens (tertiary/aromatic N) is 3. The maximum atomic E-state index is 12.9. The van der Waals surface area contributed by atoms with Gasteiger partial charge in [-0.15, -0.1) is 0 Å². The van der Waals surface area contributed by atoms with Crippen molar-refractivity contribution in [3.8, 4) is 0 Å². The van der Waals surface area contributed by atoms with Crippen LogP contribution in [-0.2, 0) is 10.0 Å². The van der Waals surface area contributed by atoms with Crippen LogP contribution in [0.1, 0.15) is 30.2 Å². The van der Waals surface area contributed by atoms with Crippen molar-refractivity contribution < 1.29 is 13.2 Å². The van der Waals surface area contributed by atoms with Gasteiger partial charge in [-0.2, -0.15) is 5.10 Å². The summed E-state index contributed by atoms with van der Waals surface area (Å²) in [7, 11) is -2.31. The number of hydrogen-bond acceptors (Lipinski definition) is 4. The van der Waals surface area contributed by atoms with Crippen LogP contribution in [0.2, 0.25) is 0 Å². The van der Waals surface area contributed by atoms with Gasteiger partial charge in [0.15, 0.2) is 0 Å². The Morgan fingerprint density at radius 3 is 2.46 bits per heavy atom. The first-order valence-corrected chi connectivity index (χ1v) is 10.2. The monoisotopic (exact) mass is 398 g/mol. The van der Waals surface area contributed by atoms with Crippen molar-refractivity contribution in [3.63, 3.8) is 0 Å². The van der Waals surface area contributed by atoms with Crippen LogP contribution < -0.4 is 9.62 Å². The van der Waals surface area contributed by atoms with E-state index in [-0.39, 0.29) is 16.5 Å². The summed E-state index contributed by atoms with van der Waals surface area (Å²) in [6.45, 7) is 3.91. The van der Waals surface area contributed by atoms with Gasteiger partial charge >= 0.3 is 0 Å². The molecule has 0 bridgehead atoms. The Morgan fingerprint density at radius 1 is 1.07 bits per heavy atom. The summed E-state index contributed by atoms with van der Waals surface area (Å²) in [6.07, 6.45) is 1.60. The van der Waals surface area contributed by atoms with E-state index in [1.807, 2.05) is 19.9 Å². The lowest BCUT2D eigenvalue weighted by molar-refractivity contribution is 0.102. The third kappa shape index (κ3) is 3.91. The number of benzene rings is 2. The molecular formula is C20H22N4O3S. The van der Waals surface area contributed by atoms with E-state index in [9.17, 15) is 13.2 Å². The maximum Gasteiger partial charge on any atom is 0.264 e. The molecule has 0 aliphatic heterocycles. The minimum absolute atomic E-state index is 0.0453. The number of amides is 1. The molecule has 1 amide bonds. The summed E-state index contributed by atoms with van der Waals surface area (Å²) in [5, 5.41) is 6.96. The topological polar surface area (TPSA) is 84.3 Å². The summed E-state index contributed by atoms with van der Waals surface area (Å²) < 4.78 is 28.8. The van der Waals surface area contributed by atoms with Crippen LogP contribution in [0.4, 0.5) is 11.5 Å². The fourth-order valence-corrected chi connectivity index (χ4v) is 3.99. The molecule has 8 heteroatoms. The normalized spacial score (nSPS) is 11.4. The van der Waals surface area contributed by atoms with E-state index in [4.69, 9.17) is 0 Å². The third-order valence-electron chi connectivity index (χ3n) is 4.28. The summed E-state index contributed by atoms with van der Waals surface area (Å²) in [4.78, 5) is 12.7. The SMILES string of the molecule is CC(C)n1nccc1NC(=O)c1cccc(S(=O)(=O)N(C)c2ccccc2)c1. The van der Waals surface area contributed by atoms with E-state index in [0.29, 0.717) is 11.5 Å². The van der Waals surface area contributed by atoms with Crippen molar-refractivity contribution in [1.82, 2.24) is 9.78 Å². The predicted octanol–water partition coefficient (Wildman–Crippen LogP) is 3.54. The number of carbonyl (C=O) groups excluding carboxylic acids is 1. The Hall–Kier alpha value is -3.13. The Morgan fingerprint density at radius 2 is 1.79 bits per heavy atom. The molecule has 0 fully saturated rings. The van der Waals surface area contributed by atoms with E-state index in [2.05, 4.69) is 10.4 Å². The number of anilines is 2. The number of aromatic nitrogens is 2. The molecule has 0 aliphatic rings. The van der Waals surface area contributed by atoms with Gasteiger partial charge in [-0.3, -0.25) is 9.10 Å². The van der Waals surface area contributed by atoms with Crippen molar-refractivity contribution >= 4 is 27.4 Å². The van der Waals surface area contributed by atoms with Gasteiger partial charge in [0.1, 0.15) is 5.82 Å². The highest BCUT2D eigenvalue weighted by atomic mass is 32.2. The highest BCUT2D eigenvalue weighted by Gasteiger charge is 2.22. The molecular weight excluding hydrogens is 376 g/mol. The molecule has 146 valence electrons. The quantitative estimate of drug-likeness (QED) is 0.688. The predicted molar refractivity (Wildman–Crippen MR) is 109 cm³/mol. The zero-order valence-electron chi connectivity index (χ0n) is 15.9. The van der Waals surface area contributed by atoms with E-state index in [0.717, 1.165) is 0 Å². The molecule has 2 aromatic carbocycles. The second-order valence-corrected chi connectivity index (χ2v) is 8.51. The van der Waals surface area contributed by atoms with Gasteiger partial charge in [0, 0.05) is 24.7 Å². The van der Waals surface area contributed by atoms with Crippen LogP contribution in [0.5, 0.6) is 0 Å². The third-order valence-corrected chi connectivity index (χ3v) is 6.06. The van der Waals surface area contributed by atoms with Gasteiger partial charge in [0.05, 0.1) is 16.8 Å². The first kappa shape index (κ1) is 19.6. The molecule has 1 aromatic heterocycles. The number of nitrogens with one attached hydrogen (secondary N) is 1. The van der Waals surface area contributed by atoms with E-state index in [1.54, 1.807) is 53.3 Å². The summed E-state index contributed by atoms with van der Waals surface area (Å²) in [5.74, 6) is 0.150. The first-order valence-electron chi connectivity index (χ1n) is 8.79. The molecule has 0 unspecified atom stereocenters. The van der Waals surface area contributed by atoms with Crippen molar-refractivity contribution in [3.05, 3.63) is 72.4 Å². The Balaban J connectivity index is 1.87. The Bertz CT molecular complexity index is 1080. The highest BCUT2D eigenvalue weighted by Crippen LogP contribution is 2.23. The molecule has 28 heavy (non-hydrogen) atoms. The number of carbonyl (C=O) groups is 1. The van der Waals surface area contributed by atoms with Gasteiger partial charge in [-0.05, 0) is 44.2 Å². The molecule has 0 aliphatic carbocycles. The molecule has 0 saturated carbocycles. The zero-order chi connectivity index (χ0) is 20.3. The molecule has 0 atom stereocenters. The molecule has 0 saturated heterocycles. The fraction of sp³-hybridized carbons (Fsp3) is 0.200. The maximum absolute atomic E-state index is 12.9. The van der Waals surface area contributed by atoms with Crippen LogP contribution in [0.25, 0.3) is 0 Å². The number of rotatable bonds is 6. The minimum Gasteiger partial charge on any atom is -0.307 e. The van der Waals surface area contributed by atoms with Gasteiger partial charge in [0.25, 0.3) is 15.9 Å². The minimum atomic E-state index is -3.80. The zero-order valence-corrected chi connectivity index (χ0v) is 16.7. The Labute approximate surface area is 164 Å². The van der Waals surface area contributed by atoms with E-state index >= 15 is 0 Å². The molecule has 7 nitrogen and oxygen atoms in total. The van der Waals surface area contributed by atoms with Gasteiger partial charge in [-0.1, -0.05) is 24.3 Å². The molecule has 3 rings (SSSR count). The van der Waals surface area contributed by atoms with Crippen LogP contribution in [0.15, 0.2) is 71.8 Å². The van der Waals surface area contributed by atoms with Crippen molar-refractivity contribution in [2.75, 3.05) is 16.7 Å². The van der Waals surface area contributed by atoms with Gasteiger partial charge < -0.3 is 5.32 Å². The average Bonchev–Trinajstić information content (AvgIpc) is 3.16. The smallest absolute Gasteiger partial charge is 0.264 e. The van der Waals surface area contributed by atoms with Crippen LogP contribution >= 0.6 is 0 Å². The van der Waals surface area contributed by atoms with E-state index < -0.39 is 15.9 Å². The van der Waals surface area contributed by atoms with Gasteiger partial charge in [-0.25, -0.2) is 13.1 Å². The second kappa shape index (κ2) is 7.85. The lowest BCUT2D eigenvalue weighted by Crippen LogP contribution is -2.26. The van der Waals surface area contributed by atoms with Crippen molar-refractivity contribution in [1.29, 1.82) is 0 Å². The molecule has 3 aromatic rings. The standard InChI is InChI=1S/C20H22N4O3S/c1-15(2)24-19(12-13-21-24)22-20(25)16-8-7-11-18(14-16)28(26,27)23(3)17-9-5-4-6-10-17/h4-15H,1-3H3,(H,22,25). The Kier molecular flexibility index (Phi) is 5.51. The molecule has 0 radical (unpaired) electrons. The highest BCUT2D eigenvalue weighted by molar-refractivity contribution is 7.92. The lowest BCUT2D eigenvalue weighted by atomic mass is 10.2. The summed E-state index contributed by atoms with van der Waals surface area (Å²) in [6, 6.07) is 16.5. The summed E-state index contributed by atoms with van der Waals surface area (Å²) >= 11 is 0. The molecule has 1 N–H and O–H groups in total. The van der Waals surface area contributed by atoms with Gasteiger partial charge in [0.2, 0.25) is 0 Å². The van der Waals surface area contributed by atoms with Crippen molar-refractivity contribution in [2.24, 2.45) is 0 Å². The number of sulfonamides is 1. The first-order chi connectivity index (χ1) is 13.3. The second-order valence-electron chi connectivity index (χ2n) is 6.54. The largest absolute Gasteiger partial charge is 0.307 e. The van der Waals surface area contributed by atoms with Crippen LogP contribution in [0, 0.1) is 0 Å². The van der Waals surface area contributed by atoms with Crippen LogP contribution in [0.3, 0.4) is 0 Å². The molecule has 1 heterocycles. The lowest BCUT2D eigenvalue weighted by Gasteiger charge is -2.19.